The maximum Gasteiger partial charge on any atom is 0.253 e. The fourth-order valence-electron chi connectivity index (χ4n) is 2.92. The average molecular weight is 285 g/mol. The van der Waals surface area contributed by atoms with Crippen LogP contribution in [0, 0.1) is 6.92 Å². The van der Waals surface area contributed by atoms with Crippen molar-refractivity contribution in [1.82, 2.24) is 25.1 Å². The van der Waals surface area contributed by atoms with E-state index in [1.165, 1.54) is 0 Å². The second-order valence-corrected chi connectivity index (χ2v) is 5.62. The second kappa shape index (κ2) is 5.63. The fourth-order valence-corrected chi connectivity index (χ4v) is 2.92. The molecule has 1 atom stereocenters. The van der Waals surface area contributed by atoms with Crippen LogP contribution in [0.15, 0.2) is 24.3 Å². The molecule has 2 heterocycles. The van der Waals surface area contributed by atoms with E-state index in [2.05, 4.69) is 15.5 Å². The Balaban J connectivity index is 1.77. The zero-order chi connectivity index (χ0) is 14.8. The van der Waals surface area contributed by atoms with Crippen molar-refractivity contribution in [1.29, 1.82) is 0 Å². The lowest BCUT2D eigenvalue weighted by Crippen LogP contribution is -2.39. The molecule has 2 aromatic rings. The smallest absolute Gasteiger partial charge is 0.253 e. The van der Waals surface area contributed by atoms with Gasteiger partial charge in [-0.1, -0.05) is 17.7 Å². The number of hydrogen-bond acceptors (Lipinski definition) is 4. The molecule has 0 N–H and O–H groups in total. The van der Waals surface area contributed by atoms with Gasteiger partial charge in [0.15, 0.2) is 5.82 Å². The predicted octanol–water partition coefficient (Wildman–Crippen LogP) is 1.54. The van der Waals surface area contributed by atoms with Crippen LogP contribution in [0.2, 0.25) is 0 Å². The summed E-state index contributed by atoms with van der Waals surface area (Å²) in [6.45, 7) is 3.48. The van der Waals surface area contributed by atoms with Gasteiger partial charge in [0.1, 0.15) is 0 Å². The number of likely N-dealkylation sites (tertiary alicyclic amines) is 1. The summed E-state index contributed by atoms with van der Waals surface area (Å²) in [6, 6.07) is 7.75. The van der Waals surface area contributed by atoms with Crippen LogP contribution in [0.3, 0.4) is 0 Å². The van der Waals surface area contributed by atoms with Gasteiger partial charge in [0, 0.05) is 31.6 Å². The highest BCUT2D eigenvalue weighted by Gasteiger charge is 2.28. The highest BCUT2D eigenvalue weighted by molar-refractivity contribution is 5.94. The highest BCUT2D eigenvalue weighted by Crippen LogP contribution is 2.25. The van der Waals surface area contributed by atoms with Crippen LogP contribution in [-0.4, -0.2) is 44.1 Å². The van der Waals surface area contributed by atoms with Gasteiger partial charge in [-0.25, -0.2) is 4.68 Å². The Hall–Kier alpha value is -2.24. The molecule has 1 saturated heterocycles. The zero-order valence-corrected chi connectivity index (χ0v) is 12.4. The molecule has 0 spiro atoms. The minimum Gasteiger partial charge on any atom is -0.338 e. The molecule has 6 heteroatoms. The number of benzene rings is 1. The molecule has 0 bridgehead atoms. The molecule has 1 aromatic carbocycles. The van der Waals surface area contributed by atoms with Crippen LogP contribution >= 0.6 is 0 Å². The molecule has 1 aliphatic rings. The lowest BCUT2D eigenvalue weighted by molar-refractivity contribution is 0.0703. The summed E-state index contributed by atoms with van der Waals surface area (Å²) in [7, 11) is 1.84. The van der Waals surface area contributed by atoms with E-state index in [0.29, 0.717) is 6.54 Å². The van der Waals surface area contributed by atoms with Gasteiger partial charge in [-0.15, -0.1) is 5.10 Å². The first kappa shape index (κ1) is 13.7. The molecule has 0 aliphatic carbocycles. The van der Waals surface area contributed by atoms with Crippen molar-refractivity contribution < 1.29 is 4.79 Å². The lowest BCUT2D eigenvalue weighted by atomic mass is 9.96. The third-order valence-corrected chi connectivity index (χ3v) is 3.99. The zero-order valence-electron chi connectivity index (χ0n) is 12.4. The number of piperidine rings is 1. The van der Waals surface area contributed by atoms with E-state index in [1.54, 1.807) is 4.68 Å². The quantitative estimate of drug-likeness (QED) is 0.839. The van der Waals surface area contributed by atoms with Crippen molar-refractivity contribution >= 4 is 5.91 Å². The number of carbonyl (C=O) groups excluding carboxylic acids is 1. The highest BCUT2D eigenvalue weighted by atomic mass is 16.2. The van der Waals surface area contributed by atoms with E-state index < -0.39 is 0 Å². The Kier molecular flexibility index (Phi) is 3.68. The van der Waals surface area contributed by atoms with Gasteiger partial charge in [-0.2, -0.15) is 0 Å². The van der Waals surface area contributed by atoms with Crippen LogP contribution in [-0.2, 0) is 7.05 Å². The number of carbonyl (C=O) groups is 1. The van der Waals surface area contributed by atoms with Crippen molar-refractivity contribution in [3.63, 3.8) is 0 Å². The Morgan fingerprint density at radius 1 is 1.38 bits per heavy atom. The number of nitrogens with zero attached hydrogens (tertiary/aromatic N) is 5. The van der Waals surface area contributed by atoms with Crippen LogP contribution in [0.1, 0.15) is 40.5 Å². The molecule has 21 heavy (non-hydrogen) atoms. The van der Waals surface area contributed by atoms with Crippen LogP contribution < -0.4 is 0 Å². The third kappa shape index (κ3) is 2.79. The maximum atomic E-state index is 12.6. The van der Waals surface area contributed by atoms with Crippen molar-refractivity contribution in [2.75, 3.05) is 13.1 Å². The van der Waals surface area contributed by atoms with E-state index >= 15 is 0 Å². The Morgan fingerprint density at radius 2 is 2.24 bits per heavy atom. The van der Waals surface area contributed by atoms with Crippen molar-refractivity contribution in [3.05, 3.63) is 41.2 Å². The predicted molar refractivity (Wildman–Crippen MR) is 77.9 cm³/mol. The standard InChI is InChI=1S/C15H19N5O/c1-11-5-3-6-12(9-11)15(21)20-8-4-7-13(10-20)14-16-17-18-19(14)2/h3,5-6,9,13H,4,7-8,10H2,1-2H3. The van der Waals surface area contributed by atoms with Gasteiger partial charge < -0.3 is 4.90 Å². The molecule has 0 radical (unpaired) electrons. The summed E-state index contributed by atoms with van der Waals surface area (Å²) in [6.07, 6.45) is 2.00. The van der Waals surface area contributed by atoms with E-state index in [0.717, 1.165) is 36.3 Å². The Bertz CT molecular complexity index is 651. The van der Waals surface area contributed by atoms with Gasteiger partial charge >= 0.3 is 0 Å². The molecular formula is C15H19N5O. The molecule has 1 aliphatic heterocycles. The van der Waals surface area contributed by atoms with Crippen molar-refractivity contribution in [3.8, 4) is 0 Å². The van der Waals surface area contributed by atoms with Crippen molar-refractivity contribution in [2.45, 2.75) is 25.7 Å². The van der Waals surface area contributed by atoms with Gasteiger partial charge in [-0.05, 0) is 42.3 Å². The molecule has 1 aromatic heterocycles. The van der Waals surface area contributed by atoms with Gasteiger partial charge in [-0.3, -0.25) is 4.79 Å². The minimum absolute atomic E-state index is 0.0959. The number of aromatic nitrogens is 4. The summed E-state index contributed by atoms with van der Waals surface area (Å²) in [5, 5.41) is 11.7. The topological polar surface area (TPSA) is 63.9 Å². The van der Waals surface area contributed by atoms with Gasteiger partial charge in [0.25, 0.3) is 5.91 Å². The SMILES string of the molecule is Cc1cccc(C(=O)N2CCCC(c3nnnn3C)C2)c1. The summed E-state index contributed by atoms with van der Waals surface area (Å²) in [4.78, 5) is 14.5. The number of aryl methyl sites for hydroxylation is 2. The second-order valence-electron chi connectivity index (χ2n) is 5.62. The maximum absolute atomic E-state index is 12.6. The average Bonchev–Trinajstić information content (AvgIpc) is 2.93. The van der Waals surface area contributed by atoms with Crippen LogP contribution in [0.5, 0.6) is 0 Å². The minimum atomic E-state index is 0.0959. The molecule has 3 rings (SSSR count). The van der Waals surface area contributed by atoms with E-state index in [1.807, 2.05) is 43.1 Å². The fraction of sp³-hybridized carbons (Fsp3) is 0.467. The Labute approximate surface area is 123 Å². The first-order chi connectivity index (χ1) is 10.1. The van der Waals surface area contributed by atoms with Crippen LogP contribution in [0.4, 0.5) is 0 Å². The molecular weight excluding hydrogens is 266 g/mol. The first-order valence-electron chi connectivity index (χ1n) is 7.23. The third-order valence-electron chi connectivity index (χ3n) is 3.99. The summed E-state index contributed by atoms with van der Waals surface area (Å²) < 4.78 is 1.70. The van der Waals surface area contributed by atoms with Crippen molar-refractivity contribution in [2.24, 2.45) is 7.05 Å². The Morgan fingerprint density at radius 3 is 2.95 bits per heavy atom. The first-order valence-corrected chi connectivity index (χ1v) is 7.23. The van der Waals surface area contributed by atoms with E-state index in [9.17, 15) is 4.79 Å². The summed E-state index contributed by atoms with van der Waals surface area (Å²) in [5.41, 5.74) is 1.86. The number of tetrazole rings is 1. The summed E-state index contributed by atoms with van der Waals surface area (Å²) >= 11 is 0. The molecule has 1 fully saturated rings. The van der Waals surface area contributed by atoms with Gasteiger partial charge in [0.2, 0.25) is 0 Å². The number of amides is 1. The molecule has 1 unspecified atom stereocenters. The lowest BCUT2D eigenvalue weighted by Gasteiger charge is -2.32. The largest absolute Gasteiger partial charge is 0.338 e. The van der Waals surface area contributed by atoms with E-state index in [4.69, 9.17) is 0 Å². The van der Waals surface area contributed by atoms with Crippen LogP contribution in [0.25, 0.3) is 0 Å². The monoisotopic (exact) mass is 285 g/mol. The summed E-state index contributed by atoms with van der Waals surface area (Å²) in [5.74, 6) is 1.17. The molecule has 0 saturated carbocycles. The molecule has 6 nitrogen and oxygen atoms in total. The molecule has 1 amide bonds. The normalized spacial score (nSPS) is 18.8. The number of hydrogen-bond donors (Lipinski definition) is 0. The van der Waals surface area contributed by atoms with Gasteiger partial charge in [0.05, 0.1) is 0 Å². The van der Waals surface area contributed by atoms with E-state index in [-0.39, 0.29) is 11.8 Å². The molecule has 110 valence electrons. The number of rotatable bonds is 2.